The maximum Gasteiger partial charge on any atom is 0.328 e. The highest BCUT2D eigenvalue weighted by molar-refractivity contribution is 5.85. The van der Waals surface area contributed by atoms with Crippen LogP contribution in [0.1, 0.15) is 5.56 Å². The zero-order valence-electron chi connectivity index (χ0n) is 6.22. The smallest absolute Gasteiger partial charge is 0.328 e. The van der Waals surface area contributed by atoms with E-state index in [2.05, 4.69) is 0 Å². The van der Waals surface area contributed by atoms with E-state index in [1.165, 1.54) is 24.3 Å². The normalized spacial score (nSPS) is 11.2. The van der Waals surface area contributed by atoms with Gasteiger partial charge >= 0.3 is 5.92 Å². The molecule has 4 heteroatoms. The fraction of sp³-hybridized carbons (Fsp3) is 0.125. The zero-order valence-corrected chi connectivity index (χ0v) is 6.22. The largest absolute Gasteiger partial charge is 0.382 e. The number of amidine groups is 1. The van der Waals surface area contributed by atoms with E-state index in [4.69, 9.17) is 11.1 Å². The van der Waals surface area contributed by atoms with Crippen LogP contribution in [0.25, 0.3) is 0 Å². The molecule has 12 heavy (non-hydrogen) atoms. The molecule has 0 saturated heterocycles. The summed E-state index contributed by atoms with van der Waals surface area (Å²) in [6, 6.07) is 7.06. The summed E-state index contributed by atoms with van der Waals surface area (Å²) >= 11 is 0. The van der Waals surface area contributed by atoms with Crippen molar-refractivity contribution < 1.29 is 8.78 Å². The van der Waals surface area contributed by atoms with Crippen molar-refractivity contribution in [1.29, 1.82) is 5.41 Å². The van der Waals surface area contributed by atoms with Crippen molar-refractivity contribution in [3.63, 3.8) is 0 Å². The highest BCUT2D eigenvalue weighted by Gasteiger charge is 2.35. The van der Waals surface area contributed by atoms with Gasteiger partial charge in [-0.05, 0) is 0 Å². The number of benzene rings is 1. The molecule has 1 aromatic carbocycles. The van der Waals surface area contributed by atoms with Crippen molar-refractivity contribution in [2.45, 2.75) is 5.92 Å². The summed E-state index contributed by atoms with van der Waals surface area (Å²) in [6.45, 7) is 0. The summed E-state index contributed by atoms with van der Waals surface area (Å²) < 4.78 is 25.9. The average molecular weight is 170 g/mol. The first-order chi connectivity index (χ1) is 5.55. The molecular weight excluding hydrogens is 162 g/mol. The van der Waals surface area contributed by atoms with Crippen molar-refractivity contribution in [1.82, 2.24) is 0 Å². The van der Waals surface area contributed by atoms with Gasteiger partial charge in [-0.3, -0.25) is 5.41 Å². The van der Waals surface area contributed by atoms with Crippen molar-refractivity contribution in [3.8, 4) is 0 Å². The van der Waals surface area contributed by atoms with E-state index in [0.717, 1.165) is 0 Å². The number of halogens is 2. The van der Waals surface area contributed by atoms with Crippen LogP contribution in [0.5, 0.6) is 0 Å². The third-order valence-electron chi connectivity index (χ3n) is 1.47. The molecule has 1 aromatic rings. The predicted molar refractivity (Wildman–Crippen MR) is 42.3 cm³/mol. The SMILES string of the molecule is N=C(N)C(F)(F)c1ccccc1. The van der Waals surface area contributed by atoms with Crippen LogP contribution < -0.4 is 5.73 Å². The Morgan fingerprint density at radius 3 is 2.17 bits per heavy atom. The first kappa shape index (κ1) is 8.64. The third-order valence-corrected chi connectivity index (χ3v) is 1.47. The van der Waals surface area contributed by atoms with Gasteiger partial charge in [0.05, 0.1) is 0 Å². The van der Waals surface area contributed by atoms with E-state index < -0.39 is 11.8 Å². The number of hydrogen-bond donors (Lipinski definition) is 2. The maximum absolute atomic E-state index is 12.9. The van der Waals surface area contributed by atoms with Crippen LogP contribution in [0.2, 0.25) is 0 Å². The Bertz CT molecular complexity index is 282. The van der Waals surface area contributed by atoms with Gasteiger partial charge in [0, 0.05) is 5.56 Å². The van der Waals surface area contributed by atoms with Crippen LogP contribution in [0, 0.1) is 5.41 Å². The van der Waals surface area contributed by atoms with E-state index in [0.29, 0.717) is 0 Å². The summed E-state index contributed by atoms with van der Waals surface area (Å²) in [4.78, 5) is 0. The summed E-state index contributed by atoms with van der Waals surface area (Å²) in [5.74, 6) is -4.48. The molecule has 0 heterocycles. The lowest BCUT2D eigenvalue weighted by molar-refractivity contribution is 0.0734. The molecule has 0 aliphatic carbocycles. The standard InChI is InChI=1S/C8H8F2N2/c9-8(10,7(11)12)6-4-2-1-3-5-6/h1-5H,(H3,11,12). The molecule has 64 valence electrons. The molecule has 0 amide bonds. The molecule has 3 N–H and O–H groups in total. The fourth-order valence-electron chi connectivity index (χ4n) is 0.803. The van der Waals surface area contributed by atoms with Gasteiger partial charge in [-0.25, -0.2) is 0 Å². The van der Waals surface area contributed by atoms with Crippen LogP contribution in [0.4, 0.5) is 8.78 Å². The van der Waals surface area contributed by atoms with E-state index in [1.807, 2.05) is 0 Å². The molecule has 0 bridgehead atoms. The second kappa shape index (κ2) is 2.89. The number of nitrogens with one attached hydrogen (secondary N) is 1. The van der Waals surface area contributed by atoms with Gasteiger partial charge in [0.1, 0.15) is 0 Å². The second-order valence-electron chi connectivity index (χ2n) is 2.35. The monoisotopic (exact) mass is 170 g/mol. The van der Waals surface area contributed by atoms with Gasteiger partial charge in [0.2, 0.25) is 0 Å². The Balaban J connectivity index is 3.06. The van der Waals surface area contributed by atoms with Gasteiger partial charge in [-0.1, -0.05) is 30.3 Å². The Labute approximate surface area is 68.5 Å². The zero-order chi connectivity index (χ0) is 9.19. The average Bonchev–Trinajstić information content (AvgIpc) is 2.06. The lowest BCUT2D eigenvalue weighted by atomic mass is 10.1. The number of rotatable bonds is 2. The van der Waals surface area contributed by atoms with Gasteiger partial charge < -0.3 is 5.73 Å². The summed E-state index contributed by atoms with van der Waals surface area (Å²) in [7, 11) is 0. The van der Waals surface area contributed by atoms with Crippen LogP contribution in [0.3, 0.4) is 0 Å². The molecule has 0 aliphatic heterocycles. The summed E-state index contributed by atoms with van der Waals surface area (Å²) in [5.41, 5.74) is 4.48. The molecule has 0 radical (unpaired) electrons. The maximum atomic E-state index is 12.9. The first-order valence-electron chi connectivity index (χ1n) is 3.33. The minimum Gasteiger partial charge on any atom is -0.382 e. The van der Waals surface area contributed by atoms with Crippen molar-refractivity contribution in [3.05, 3.63) is 35.9 Å². The van der Waals surface area contributed by atoms with Gasteiger partial charge in [0.15, 0.2) is 5.84 Å². The number of hydrogen-bond acceptors (Lipinski definition) is 1. The molecular formula is C8H8F2N2. The van der Waals surface area contributed by atoms with Gasteiger partial charge in [0.25, 0.3) is 0 Å². The molecule has 0 unspecified atom stereocenters. The highest BCUT2D eigenvalue weighted by atomic mass is 19.3. The Hall–Kier alpha value is -1.45. The minimum atomic E-state index is -3.35. The predicted octanol–water partition coefficient (Wildman–Crippen LogP) is 1.71. The molecule has 0 aromatic heterocycles. The third kappa shape index (κ3) is 1.42. The van der Waals surface area contributed by atoms with Crippen LogP contribution in [-0.2, 0) is 5.92 Å². The van der Waals surface area contributed by atoms with Gasteiger partial charge in [-0.15, -0.1) is 0 Å². The molecule has 0 spiro atoms. The summed E-state index contributed by atoms with van der Waals surface area (Å²) in [5, 5.41) is 6.66. The molecule has 0 fully saturated rings. The van der Waals surface area contributed by atoms with Crippen molar-refractivity contribution in [2.75, 3.05) is 0 Å². The summed E-state index contributed by atoms with van der Waals surface area (Å²) in [6.07, 6.45) is 0. The van der Waals surface area contributed by atoms with E-state index in [9.17, 15) is 8.78 Å². The van der Waals surface area contributed by atoms with E-state index >= 15 is 0 Å². The quantitative estimate of drug-likeness (QED) is 0.515. The lowest BCUT2D eigenvalue weighted by Crippen LogP contribution is -2.32. The Kier molecular flexibility index (Phi) is 2.08. The first-order valence-corrected chi connectivity index (χ1v) is 3.33. The fourth-order valence-corrected chi connectivity index (χ4v) is 0.803. The second-order valence-corrected chi connectivity index (χ2v) is 2.35. The minimum absolute atomic E-state index is 0.252. The molecule has 0 aliphatic rings. The molecule has 1 rings (SSSR count). The lowest BCUT2D eigenvalue weighted by Gasteiger charge is -2.13. The topological polar surface area (TPSA) is 49.9 Å². The Morgan fingerprint density at radius 1 is 1.25 bits per heavy atom. The van der Waals surface area contributed by atoms with Crippen LogP contribution in [0.15, 0.2) is 30.3 Å². The Morgan fingerprint density at radius 2 is 1.75 bits per heavy atom. The van der Waals surface area contributed by atoms with Gasteiger partial charge in [-0.2, -0.15) is 8.78 Å². The van der Waals surface area contributed by atoms with E-state index in [1.54, 1.807) is 6.07 Å². The van der Waals surface area contributed by atoms with E-state index in [-0.39, 0.29) is 5.56 Å². The van der Waals surface area contributed by atoms with Crippen LogP contribution in [-0.4, -0.2) is 5.84 Å². The molecule has 0 saturated carbocycles. The number of nitrogens with two attached hydrogens (primary N) is 1. The molecule has 0 atom stereocenters. The van der Waals surface area contributed by atoms with Crippen molar-refractivity contribution >= 4 is 5.84 Å². The van der Waals surface area contributed by atoms with Crippen LogP contribution >= 0.6 is 0 Å². The molecule has 2 nitrogen and oxygen atoms in total. The highest BCUT2D eigenvalue weighted by Crippen LogP contribution is 2.26. The number of alkyl halides is 2. The van der Waals surface area contributed by atoms with Crippen molar-refractivity contribution in [2.24, 2.45) is 5.73 Å².